The summed E-state index contributed by atoms with van der Waals surface area (Å²) in [6.45, 7) is 6.81. The molecule has 1 heterocycles. The first kappa shape index (κ1) is 13.2. The van der Waals surface area contributed by atoms with Crippen LogP contribution in [0.1, 0.15) is 27.2 Å². The molecule has 2 amide bonds. The van der Waals surface area contributed by atoms with Crippen LogP contribution in [0.3, 0.4) is 0 Å². The van der Waals surface area contributed by atoms with E-state index in [9.17, 15) is 9.59 Å². The van der Waals surface area contributed by atoms with E-state index in [0.717, 1.165) is 6.54 Å². The molecule has 18 heavy (non-hydrogen) atoms. The smallest absolute Gasteiger partial charge is 0.407 e. The molecule has 0 unspecified atom stereocenters. The predicted octanol–water partition coefficient (Wildman–Crippen LogP) is 1.23. The van der Waals surface area contributed by atoms with Crippen molar-refractivity contribution < 1.29 is 14.3 Å². The van der Waals surface area contributed by atoms with Gasteiger partial charge in [0.15, 0.2) is 0 Å². The number of alkyl carbamates (subject to hydrolysis) is 1. The molecule has 1 aliphatic carbocycles. The highest BCUT2D eigenvalue weighted by Crippen LogP contribution is 2.49. The van der Waals surface area contributed by atoms with Crippen LogP contribution < -0.4 is 5.32 Å². The van der Waals surface area contributed by atoms with Crippen LogP contribution in [0.15, 0.2) is 0 Å². The fourth-order valence-corrected chi connectivity index (χ4v) is 2.89. The highest BCUT2D eigenvalue weighted by atomic mass is 16.5. The van der Waals surface area contributed by atoms with Crippen molar-refractivity contribution in [2.45, 2.75) is 39.3 Å². The second-order valence-electron chi connectivity index (χ2n) is 5.75. The Morgan fingerprint density at radius 3 is 2.50 bits per heavy atom. The maximum atomic E-state index is 12.5. The average Bonchev–Trinajstić information content (AvgIpc) is 3.03. The van der Waals surface area contributed by atoms with Crippen molar-refractivity contribution in [2.24, 2.45) is 17.8 Å². The van der Waals surface area contributed by atoms with Crippen molar-refractivity contribution in [1.82, 2.24) is 10.2 Å². The SMILES string of the molecule is COC(=O)N[C@H](C(=O)N1C[C@@H]2C[C@@H]2[C@H]1C)C(C)C. The molecule has 4 atom stereocenters. The molecule has 1 saturated carbocycles. The van der Waals surface area contributed by atoms with Gasteiger partial charge in [0, 0.05) is 12.6 Å². The number of fused-ring (bicyclic) bond motifs is 1. The van der Waals surface area contributed by atoms with E-state index in [1.807, 2.05) is 18.7 Å². The highest BCUT2D eigenvalue weighted by Gasteiger charge is 2.52. The number of carbonyl (C=O) groups excluding carboxylic acids is 2. The third-order valence-electron chi connectivity index (χ3n) is 4.19. The van der Waals surface area contributed by atoms with E-state index < -0.39 is 12.1 Å². The van der Waals surface area contributed by atoms with Crippen LogP contribution in [-0.2, 0) is 9.53 Å². The Balaban J connectivity index is 2.01. The number of rotatable bonds is 3. The predicted molar refractivity (Wildman–Crippen MR) is 66.9 cm³/mol. The third-order valence-corrected chi connectivity index (χ3v) is 4.19. The number of piperidine rings is 1. The van der Waals surface area contributed by atoms with Crippen LogP contribution >= 0.6 is 0 Å². The van der Waals surface area contributed by atoms with Crippen molar-refractivity contribution >= 4 is 12.0 Å². The Morgan fingerprint density at radius 2 is 2.06 bits per heavy atom. The molecule has 2 fully saturated rings. The Morgan fingerprint density at radius 1 is 1.39 bits per heavy atom. The Labute approximate surface area is 108 Å². The maximum absolute atomic E-state index is 12.5. The van der Waals surface area contributed by atoms with Gasteiger partial charge >= 0.3 is 6.09 Å². The van der Waals surface area contributed by atoms with Gasteiger partial charge in [-0.2, -0.15) is 0 Å². The number of carbonyl (C=O) groups is 2. The van der Waals surface area contributed by atoms with Crippen LogP contribution in [0.4, 0.5) is 4.79 Å². The van der Waals surface area contributed by atoms with E-state index in [1.54, 1.807) is 0 Å². The number of likely N-dealkylation sites (tertiary alicyclic amines) is 1. The number of amides is 2. The zero-order valence-corrected chi connectivity index (χ0v) is 11.5. The minimum Gasteiger partial charge on any atom is -0.453 e. The zero-order valence-electron chi connectivity index (χ0n) is 11.5. The fraction of sp³-hybridized carbons (Fsp3) is 0.846. The van der Waals surface area contributed by atoms with E-state index in [4.69, 9.17) is 0 Å². The second-order valence-corrected chi connectivity index (χ2v) is 5.75. The molecule has 2 aliphatic rings. The number of methoxy groups -OCH3 is 1. The van der Waals surface area contributed by atoms with E-state index in [-0.39, 0.29) is 11.8 Å². The van der Waals surface area contributed by atoms with Gasteiger partial charge in [0.25, 0.3) is 0 Å². The number of nitrogens with one attached hydrogen (secondary N) is 1. The Kier molecular flexibility index (Phi) is 3.50. The molecule has 0 bridgehead atoms. The molecule has 2 rings (SSSR count). The van der Waals surface area contributed by atoms with Crippen LogP contribution in [0.5, 0.6) is 0 Å². The quantitative estimate of drug-likeness (QED) is 0.824. The molecule has 0 aromatic carbocycles. The van der Waals surface area contributed by atoms with Gasteiger partial charge in [0.1, 0.15) is 6.04 Å². The lowest BCUT2D eigenvalue weighted by molar-refractivity contribution is -0.135. The van der Waals surface area contributed by atoms with Crippen molar-refractivity contribution in [1.29, 1.82) is 0 Å². The first-order valence-corrected chi connectivity index (χ1v) is 6.60. The number of hydrogen-bond donors (Lipinski definition) is 1. The van der Waals surface area contributed by atoms with E-state index in [0.29, 0.717) is 17.9 Å². The monoisotopic (exact) mass is 254 g/mol. The van der Waals surface area contributed by atoms with Gasteiger partial charge in [-0.25, -0.2) is 4.79 Å². The summed E-state index contributed by atoms with van der Waals surface area (Å²) >= 11 is 0. The van der Waals surface area contributed by atoms with Crippen LogP contribution in [0.25, 0.3) is 0 Å². The molecule has 1 N–H and O–H groups in total. The molecule has 5 heteroatoms. The third kappa shape index (κ3) is 2.31. The van der Waals surface area contributed by atoms with Crippen molar-refractivity contribution in [2.75, 3.05) is 13.7 Å². The molecule has 0 radical (unpaired) electrons. The standard InChI is InChI=1S/C13H22N2O3/c1-7(2)11(14-13(17)18-4)12(16)15-6-9-5-10(9)8(15)3/h7-11H,5-6H2,1-4H3,(H,14,17)/t8-,9+,10-,11+/m1/s1. The largest absolute Gasteiger partial charge is 0.453 e. The number of ether oxygens (including phenoxy) is 1. The molecular formula is C13H22N2O3. The van der Waals surface area contributed by atoms with Crippen molar-refractivity contribution in [3.8, 4) is 0 Å². The average molecular weight is 254 g/mol. The van der Waals surface area contributed by atoms with Gasteiger partial charge < -0.3 is 15.0 Å². The van der Waals surface area contributed by atoms with E-state index >= 15 is 0 Å². The van der Waals surface area contributed by atoms with E-state index in [1.165, 1.54) is 13.5 Å². The normalized spacial score (nSPS) is 30.9. The summed E-state index contributed by atoms with van der Waals surface area (Å²) in [5.74, 6) is 1.45. The summed E-state index contributed by atoms with van der Waals surface area (Å²) in [5, 5.41) is 2.64. The molecule has 1 saturated heterocycles. The summed E-state index contributed by atoms with van der Waals surface area (Å²) in [5.41, 5.74) is 0. The molecular weight excluding hydrogens is 232 g/mol. The minimum atomic E-state index is -0.543. The van der Waals surface area contributed by atoms with Gasteiger partial charge in [-0.3, -0.25) is 4.79 Å². The lowest BCUT2D eigenvalue weighted by atomic mass is 10.0. The molecule has 5 nitrogen and oxygen atoms in total. The number of nitrogens with zero attached hydrogens (tertiary/aromatic N) is 1. The molecule has 1 aliphatic heterocycles. The summed E-state index contributed by atoms with van der Waals surface area (Å²) in [6.07, 6.45) is 0.709. The lowest BCUT2D eigenvalue weighted by Crippen LogP contribution is -2.52. The fourth-order valence-electron chi connectivity index (χ4n) is 2.89. The molecule has 0 spiro atoms. The summed E-state index contributed by atoms with van der Waals surface area (Å²) in [6, 6.07) is -0.180. The van der Waals surface area contributed by atoms with Gasteiger partial charge in [0.05, 0.1) is 7.11 Å². The van der Waals surface area contributed by atoms with Gasteiger partial charge in [-0.05, 0) is 31.1 Å². The van der Waals surface area contributed by atoms with Gasteiger partial charge in [-0.15, -0.1) is 0 Å². The molecule has 0 aromatic heterocycles. The highest BCUT2D eigenvalue weighted by molar-refractivity contribution is 5.86. The summed E-state index contributed by atoms with van der Waals surface area (Å²) in [4.78, 5) is 25.7. The van der Waals surface area contributed by atoms with E-state index in [2.05, 4.69) is 17.0 Å². The number of hydrogen-bond acceptors (Lipinski definition) is 3. The topological polar surface area (TPSA) is 58.6 Å². The van der Waals surface area contributed by atoms with Crippen LogP contribution in [0, 0.1) is 17.8 Å². The summed E-state index contributed by atoms with van der Waals surface area (Å²) < 4.78 is 4.58. The molecule has 0 aromatic rings. The van der Waals surface area contributed by atoms with Crippen LogP contribution in [-0.4, -0.2) is 42.6 Å². The zero-order chi connectivity index (χ0) is 13.4. The van der Waals surface area contributed by atoms with Gasteiger partial charge in [0.2, 0.25) is 5.91 Å². The maximum Gasteiger partial charge on any atom is 0.407 e. The first-order chi connectivity index (χ1) is 8.45. The molecule has 102 valence electrons. The first-order valence-electron chi connectivity index (χ1n) is 6.60. The summed E-state index contributed by atoms with van der Waals surface area (Å²) in [7, 11) is 1.31. The van der Waals surface area contributed by atoms with Crippen molar-refractivity contribution in [3.63, 3.8) is 0 Å². The van der Waals surface area contributed by atoms with Crippen molar-refractivity contribution in [3.05, 3.63) is 0 Å². The lowest BCUT2D eigenvalue weighted by Gasteiger charge is -2.30. The van der Waals surface area contributed by atoms with Gasteiger partial charge in [-0.1, -0.05) is 13.8 Å². The second kappa shape index (κ2) is 4.78. The minimum absolute atomic E-state index is 0.0232. The van der Waals surface area contributed by atoms with Crippen LogP contribution in [0.2, 0.25) is 0 Å². The Bertz CT molecular complexity index is 356. The Hall–Kier alpha value is -1.26.